The zero-order valence-electron chi connectivity index (χ0n) is 15.5. The molecule has 3 rings (SSSR count). The highest BCUT2D eigenvalue weighted by Gasteiger charge is 2.12. The van der Waals surface area contributed by atoms with Crippen LogP contribution in [0.3, 0.4) is 0 Å². The fraction of sp³-hybridized carbons (Fsp3) is 0.286. The van der Waals surface area contributed by atoms with Crippen molar-refractivity contribution in [2.75, 3.05) is 25.6 Å². The van der Waals surface area contributed by atoms with Crippen LogP contribution in [-0.2, 0) is 6.42 Å². The molecule has 0 saturated carbocycles. The van der Waals surface area contributed by atoms with Gasteiger partial charge in [0, 0.05) is 49.7 Å². The summed E-state index contributed by atoms with van der Waals surface area (Å²) in [6.45, 7) is 3.09. The van der Waals surface area contributed by atoms with Gasteiger partial charge in [0.15, 0.2) is 0 Å². The van der Waals surface area contributed by atoms with Gasteiger partial charge in [0.05, 0.1) is 12.8 Å². The van der Waals surface area contributed by atoms with Gasteiger partial charge in [-0.15, -0.1) is 0 Å². The van der Waals surface area contributed by atoms with Crippen LogP contribution in [0.5, 0.6) is 5.75 Å². The van der Waals surface area contributed by atoms with Crippen LogP contribution >= 0.6 is 0 Å². The first-order chi connectivity index (χ1) is 12.7. The number of ether oxygens (including phenoxy) is 1. The number of methoxy groups -OCH3 is 1. The van der Waals surface area contributed by atoms with E-state index in [2.05, 4.69) is 38.9 Å². The zero-order chi connectivity index (χ0) is 18.4. The average Bonchev–Trinajstić information content (AvgIpc) is 2.69. The number of pyridine rings is 1. The van der Waals surface area contributed by atoms with E-state index >= 15 is 0 Å². The Labute approximate surface area is 154 Å². The minimum Gasteiger partial charge on any atom is -0.496 e. The van der Waals surface area contributed by atoms with Gasteiger partial charge < -0.3 is 9.64 Å². The third kappa shape index (κ3) is 3.99. The molecule has 5 nitrogen and oxygen atoms in total. The summed E-state index contributed by atoms with van der Waals surface area (Å²) in [7, 11) is 3.70. The molecule has 26 heavy (non-hydrogen) atoms. The Balaban J connectivity index is 1.87. The molecule has 0 radical (unpaired) electrons. The van der Waals surface area contributed by atoms with E-state index in [0.29, 0.717) is 6.42 Å². The molecular formula is C21H24N4O. The van der Waals surface area contributed by atoms with Gasteiger partial charge in [0.1, 0.15) is 5.75 Å². The van der Waals surface area contributed by atoms with Crippen molar-refractivity contribution in [1.82, 2.24) is 15.0 Å². The first-order valence-electron chi connectivity index (χ1n) is 8.82. The standard InChI is InChI=1S/C21H24N4O/c1-4-12-25(2)21-23-14-16(15-24-21)13-19-17(9-7-11-22-19)18-8-5-6-10-20(18)26-3/h5-11,14-15H,4,12-13H2,1-3H3. The first kappa shape index (κ1) is 17.9. The summed E-state index contributed by atoms with van der Waals surface area (Å²) in [5, 5.41) is 0. The van der Waals surface area contributed by atoms with Crippen LogP contribution < -0.4 is 9.64 Å². The van der Waals surface area contributed by atoms with E-state index < -0.39 is 0 Å². The Kier molecular flexibility index (Phi) is 5.79. The lowest BCUT2D eigenvalue weighted by Gasteiger charge is -2.16. The monoisotopic (exact) mass is 348 g/mol. The normalized spacial score (nSPS) is 10.6. The number of anilines is 1. The van der Waals surface area contributed by atoms with E-state index in [-0.39, 0.29) is 0 Å². The van der Waals surface area contributed by atoms with Gasteiger partial charge in [-0.25, -0.2) is 9.97 Å². The summed E-state index contributed by atoms with van der Waals surface area (Å²) in [5.74, 6) is 1.59. The quantitative estimate of drug-likeness (QED) is 0.646. The third-order valence-corrected chi connectivity index (χ3v) is 4.25. The Morgan fingerprint density at radius 2 is 1.69 bits per heavy atom. The molecule has 0 aliphatic carbocycles. The van der Waals surface area contributed by atoms with Crippen LogP contribution in [0.4, 0.5) is 5.95 Å². The summed E-state index contributed by atoms with van der Waals surface area (Å²) in [4.78, 5) is 15.6. The van der Waals surface area contributed by atoms with E-state index in [1.54, 1.807) is 7.11 Å². The average molecular weight is 348 g/mol. The predicted molar refractivity (Wildman–Crippen MR) is 105 cm³/mol. The summed E-state index contributed by atoms with van der Waals surface area (Å²) < 4.78 is 5.51. The van der Waals surface area contributed by atoms with Crippen molar-refractivity contribution in [1.29, 1.82) is 0 Å². The minimum atomic E-state index is 0.673. The molecule has 0 unspecified atom stereocenters. The maximum Gasteiger partial charge on any atom is 0.224 e. The van der Waals surface area contributed by atoms with Crippen LogP contribution in [0.15, 0.2) is 55.0 Å². The van der Waals surface area contributed by atoms with Crippen LogP contribution in [0, 0.1) is 0 Å². The maximum absolute atomic E-state index is 5.51. The number of rotatable bonds is 7. The van der Waals surface area contributed by atoms with Crippen molar-refractivity contribution >= 4 is 5.95 Å². The maximum atomic E-state index is 5.51. The highest BCUT2D eigenvalue weighted by Crippen LogP contribution is 2.32. The molecule has 5 heteroatoms. The number of nitrogens with zero attached hydrogens (tertiary/aromatic N) is 4. The van der Waals surface area contributed by atoms with Gasteiger partial charge in [0.2, 0.25) is 5.95 Å². The molecular weight excluding hydrogens is 324 g/mol. The molecule has 0 aliphatic rings. The molecule has 0 atom stereocenters. The van der Waals surface area contributed by atoms with E-state index in [1.807, 2.05) is 49.9 Å². The second-order valence-electron chi connectivity index (χ2n) is 6.19. The molecule has 2 aromatic heterocycles. The zero-order valence-corrected chi connectivity index (χ0v) is 15.5. The van der Waals surface area contributed by atoms with Crippen LogP contribution in [0.25, 0.3) is 11.1 Å². The van der Waals surface area contributed by atoms with Crippen LogP contribution in [-0.4, -0.2) is 35.7 Å². The van der Waals surface area contributed by atoms with Gasteiger partial charge in [-0.1, -0.05) is 31.2 Å². The number of hydrogen-bond acceptors (Lipinski definition) is 5. The molecule has 0 fully saturated rings. The molecule has 3 aromatic rings. The second kappa shape index (κ2) is 8.43. The van der Waals surface area contributed by atoms with Crippen LogP contribution in [0.1, 0.15) is 24.6 Å². The predicted octanol–water partition coefficient (Wildman–Crippen LogP) is 3.98. The van der Waals surface area contributed by atoms with Crippen LogP contribution in [0.2, 0.25) is 0 Å². The van der Waals surface area contributed by atoms with Gasteiger partial charge >= 0.3 is 0 Å². The smallest absolute Gasteiger partial charge is 0.224 e. The van der Waals surface area contributed by atoms with Gasteiger partial charge in [-0.2, -0.15) is 0 Å². The molecule has 0 saturated heterocycles. The lowest BCUT2D eigenvalue weighted by molar-refractivity contribution is 0.416. The van der Waals surface area contributed by atoms with E-state index in [1.165, 1.54) is 0 Å². The number of aromatic nitrogens is 3. The molecule has 134 valence electrons. The second-order valence-corrected chi connectivity index (χ2v) is 6.19. The fourth-order valence-electron chi connectivity index (χ4n) is 2.96. The SMILES string of the molecule is CCCN(C)c1ncc(Cc2ncccc2-c2ccccc2OC)cn1. The van der Waals surface area contributed by atoms with E-state index in [9.17, 15) is 0 Å². The van der Waals surface area contributed by atoms with E-state index in [0.717, 1.165) is 47.0 Å². The Bertz CT molecular complexity index is 849. The summed E-state index contributed by atoms with van der Waals surface area (Å²) >= 11 is 0. The molecule has 2 heterocycles. The largest absolute Gasteiger partial charge is 0.496 e. The lowest BCUT2D eigenvalue weighted by Crippen LogP contribution is -2.20. The molecule has 0 amide bonds. The topological polar surface area (TPSA) is 51.1 Å². The van der Waals surface area contributed by atoms with Crippen molar-refractivity contribution in [3.05, 3.63) is 66.2 Å². The van der Waals surface area contributed by atoms with Gasteiger partial charge in [0.25, 0.3) is 0 Å². The molecule has 1 aromatic carbocycles. The Morgan fingerprint density at radius 1 is 0.962 bits per heavy atom. The van der Waals surface area contributed by atoms with Crippen molar-refractivity contribution in [2.45, 2.75) is 19.8 Å². The summed E-state index contributed by atoms with van der Waals surface area (Å²) in [5.41, 5.74) is 4.12. The number of para-hydroxylation sites is 1. The summed E-state index contributed by atoms with van der Waals surface area (Å²) in [6, 6.07) is 12.0. The van der Waals surface area contributed by atoms with E-state index in [4.69, 9.17) is 4.74 Å². The minimum absolute atomic E-state index is 0.673. The third-order valence-electron chi connectivity index (χ3n) is 4.25. The first-order valence-corrected chi connectivity index (χ1v) is 8.82. The van der Waals surface area contributed by atoms with Gasteiger partial charge in [-0.3, -0.25) is 4.98 Å². The fourth-order valence-corrected chi connectivity index (χ4v) is 2.96. The van der Waals surface area contributed by atoms with Gasteiger partial charge in [-0.05, 0) is 24.1 Å². The van der Waals surface area contributed by atoms with Crippen molar-refractivity contribution in [3.63, 3.8) is 0 Å². The molecule has 0 N–H and O–H groups in total. The lowest BCUT2D eigenvalue weighted by atomic mass is 10.00. The Hall–Kier alpha value is -2.95. The number of benzene rings is 1. The van der Waals surface area contributed by atoms with Crippen molar-refractivity contribution < 1.29 is 4.74 Å². The van der Waals surface area contributed by atoms with Crippen molar-refractivity contribution in [3.8, 4) is 16.9 Å². The molecule has 0 bridgehead atoms. The highest BCUT2D eigenvalue weighted by molar-refractivity contribution is 5.72. The summed E-state index contributed by atoms with van der Waals surface area (Å²) in [6.07, 6.45) is 7.33. The molecule has 0 spiro atoms. The molecule has 0 aliphatic heterocycles. The highest BCUT2D eigenvalue weighted by atomic mass is 16.5. The Morgan fingerprint density at radius 3 is 2.42 bits per heavy atom. The van der Waals surface area contributed by atoms with Crippen molar-refractivity contribution in [2.24, 2.45) is 0 Å². The number of hydrogen-bond donors (Lipinski definition) is 0.